The Hall–Kier alpha value is -3.76. The highest BCUT2D eigenvalue weighted by Gasteiger charge is 2.28. The summed E-state index contributed by atoms with van der Waals surface area (Å²) in [6, 6.07) is 7.95. The molecule has 5 aromatic rings. The number of pyridine rings is 1. The fourth-order valence-corrected chi connectivity index (χ4v) is 3.11. The van der Waals surface area contributed by atoms with E-state index >= 15 is 0 Å². The van der Waals surface area contributed by atoms with E-state index in [9.17, 15) is 13.2 Å². The van der Waals surface area contributed by atoms with Crippen molar-refractivity contribution in [3.05, 3.63) is 60.8 Å². The summed E-state index contributed by atoms with van der Waals surface area (Å²) >= 11 is 0. The van der Waals surface area contributed by atoms with Crippen LogP contribution in [0.25, 0.3) is 28.1 Å². The van der Waals surface area contributed by atoms with Gasteiger partial charge in [0.05, 0.1) is 24.6 Å². The molecule has 0 aliphatic rings. The Morgan fingerprint density at radius 3 is 2.79 bits per heavy atom. The van der Waals surface area contributed by atoms with E-state index in [1.165, 1.54) is 18.6 Å². The number of halogens is 3. The maximum atomic E-state index is 12.5. The van der Waals surface area contributed by atoms with Crippen molar-refractivity contribution < 1.29 is 13.2 Å². The number of hydrogen-bond acceptors (Lipinski definition) is 5. The molecule has 0 aliphatic carbocycles. The summed E-state index contributed by atoms with van der Waals surface area (Å²) < 4.78 is 42.1. The molecule has 5 aromatic heterocycles. The Morgan fingerprint density at radius 2 is 1.93 bits per heavy atom. The zero-order valence-corrected chi connectivity index (χ0v) is 14.8. The van der Waals surface area contributed by atoms with Crippen molar-refractivity contribution in [3.8, 4) is 11.3 Å². The van der Waals surface area contributed by atoms with Crippen molar-refractivity contribution in [2.24, 2.45) is 0 Å². The van der Waals surface area contributed by atoms with E-state index in [-0.39, 0.29) is 0 Å². The summed E-state index contributed by atoms with van der Waals surface area (Å²) in [5, 5.41) is 11.9. The Balaban J connectivity index is 1.47. The maximum Gasteiger partial charge on any atom is 0.408 e. The minimum Gasteiger partial charge on any atom is -0.324 e. The molecule has 0 fully saturated rings. The van der Waals surface area contributed by atoms with Crippen molar-refractivity contribution in [1.29, 1.82) is 0 Å². The van der Waals surface area contributed by atoms with Gasteiger partial charge < -0.3 is 4.40 Å². The molecule has 0 radical (unpaired) electrons. The highest BCUT2D eigenvalue weighted by atomic mass is 19.4. The molecule has 5 heterocycles. The Bertz CT molecular complexity index is 1310. The second-order valence-corrected chi connectivity index (χ2v) is 6.57. The largest absolute Gasteiger partial charge is 0.408 e. The average Bonchev–Trinajstić information content (AvgIpc) is 3.40. The van der Waals surface area contributed by atoms with Crippen molar-refractivity contribution in [2.45, 2.75) is 19.3 Å². The van der Waals surface area contributed by atoms with E-state index in [1.807, 2.05) is 41.1 Å². The quantitative estimate of drug-likeness (QED) is 0.465. The molecular formula is C18H13F3N8. The van der Waals surface area contributed by atoms with E-state index in [1.54, 1.807) is 4.68 Å². The number of nitrogens with zero attached hydrogens (tertiary/aromatic N) is 8. The third-order valence-corrected chi connectivity index (χ3v) is 4.41. The highest BCUT2D eigenvalue weighted by Crippen LogP contribution is 2.21. The van der Waals surface area contributed by atoms with Gasteiger partial charge in [-0.05, 0) is 23.8 Å². The zero-order valence-electron chi connectivity index (χ0n) is 14.8. The van der Waals surface area contributed by atoms with Crippen LogP contribution in [0.2, 0.25) is 0 Å². The van der Waals surface area contributed by atoms with Crippen LogP contribution in [0.3, 0.4) is 0 Å². The molecule has 0 aliphatic heterocycles. The summed E-state index contributed by atoms with van der Waals surface area (Å²) in [5.74, 6) is 0. The average molecular weight is 398 g/mol. The normalized spacial score (nSPS) is 12.2. The molecule has 0 atom stereocenters. The summed E-state index contributed by atoms with van der Waals surface area (Å²) in [5.41, 5.74) is 3.71. The lowest BCUT2D eigenvalue weighted by Gasteiger charge is -2.05. The van der Waals surface area contributed by atoms with Crippen molar-refractivity contribution in [2.75, 3.05) is 0 Å². The SMILES string of the molecule is FC(F)(F)Cn1cc(-c2cnc3nnn(Cc4ccc5cccn5c4)c3n2)cn1. The minimum absolute atomic E-state index is 0.360. The first kappa shape index (κ1) is 17.3. The van der Waals surface area contributed by atoms with Gasteiger partial charge in [-0.1, -0.05) is 11.3 Å². The fraction of sp³-hybridized carbons (Fsp3) is 0.167. The van der Waals surface area contributed by atoms with Gasteiger partial charge in [-0.15, -0.1) is 5.10 Å². The van der Waals surface area contributed by atoms with Crippen LogP contribution < -0.4 is 0 Å². The topological polar surface area (TPSA) is 78.7 Å². The maximum absolute atomic E-state index is 12.5. The molecule has 0 bridgehead atoms. The monoisotopic (exact) mass is 398 g/mol. The molecule has 0 amide bonds. The van der Waals surface area contributed by atoms with Crippen LogP contribution in [0.4, 0.5) is 13.2 Å². The lowest BCUT2D eigenvalue weighted by atomic mass is 10.2. The number of hydrogen-bond donors (Lipinski definition) is 0. The second-order valence-electron chi connectivity index (χ2n) is 6.57. The molecule has 5 rings (SSSR count). The fourth-order valence-electron chi connectivity index (χ4n) is 3.11. The van der Waals surface area contributed by atoms with Gasteiger partial charge in [-0.3, -0.25) is 4.68 Å². The molecule has 11 heteroatoms. The van der Waals surface area contributed by atoms with Crippen LogP contribution in [-0.4, -0.2) is 45.3 Å². The van der Waals surface area contributed by atoms with Gasteiger partial charge in [-0.25, -0.2) is 14.6 Å². The molecular weight excluding hydrogens is 385 g/mol. The van der Waals surface area contributed by atoms with Crippen molar-refractivity contribution in [3.63, 3.8) is 0 Å². The van der Waals surface area contributed by atoms with Crippen LogP contribution in [0, 0.1) is 0 Å². The van der Waals surface area contributed by atoms with Crippen LogP contribution in [0.15, 0.2) is 55.2 Å². The predicted molar refractivity (Wildman–Crippen MR) is 96.9 cm³/mol. The molecule has 0 saturated heterocycles. The van der Waals surface area contributed by atoms with E-state index in [0.717, 1.165) is 15.8 Å². The zero-order chi connectivity index (χ0) is 20.0. The number of alkyl halides is 3. The van der Waals surface area contributed by atoms with Crippen LogP contribution in [-0.2, 0) is 13.1 Å². The standard InChI is InChI=1S/C18H13F3N8/c19-18(20,21)11-28-10-13(6-23-28)15-7-22-16-17(24-15)29(26-25-16)9-12-3-4-14-2-1-5-27(14)8-12/h1-8,10H,9,11H2. The van der Waals surface area contributed by atoms with Gasteiger partial charge in [0.2, 0.25) is 5.65 Å². The van der Waals surface area contributed by atoms with Crippen molar-refractivity contribution >= 4 is 16.8 Å². The molecule has 146 valence electrons. The first-order valence-corrected chi connectivity index (χ1v) is 8.66. The summed E-state index contributed by atoms with van der Waals surface area (Å²) in [6.07, 6.45) is 3.66. The number of rotatable bonds is 4. The van der Waals surface area contributed by atoms with Gasteiger partial charge in [0.25, 0.3) is 0 Å². The van der Waals surface area contributed by atoms with E-state index in [4.69, 9.17) is 0 Å². The van der Waals surface area contributed by atoms with Gasteiger partial charge in [0.15, 0.2) is 5.65 Å². The van der Waals surface area contributed by atoms with Gasteiger partial charge in [0, 0.05) is 29.7 Å². The van der Waals surface area contributed by atoms with Gasteiger partial charge in [-0.2, -0.15) is 18.3 Å². The third kappa shape index (κ3) is 3.42. The summed E-state index contributed by atoms with van der Waals surface area (Å²) in [4.78, 5) is 8.72. The molecule has 0 saturated carbocycles. The molecule has 0 N–H and O–H groups in total. The third-order valence-electron chi connectivity index (χ3n) is 4.41. The van der Waals surface area contributed by atoms with E-state index in [2.05, 4.69) is 25.4 Å². The number of aromatic nitrogens is 8. The summed E-state index contributed by atoms with van der Waals surface area (Å²) in [7, 11) is 0. The first-order valence-electron chi connectivity index (χ1n) is 8.66. The molecule has 0 unspecified atom stereocenters. The minimum atomic E-state index is -4.34. The van der Waals surface area contributed by atoms with E-state index < -0.39 is 12.7 Å². The Labute approximate surface area is 161 Å². The Kier molecular flexibility index (Phi) is 3.83. The summed E-state index contributed by atoms with van der Waals surface area (Å²) in [6.45, 7) is -0.736. The van der Waals surface area contributed by atoms with Crippen LogP contribution in [0.5, 0.6) is 0 Å². The van der Waals surface area contributed by atoms with Gasteiger partial charge in [0.1, 0.15) is 6.54 Å². The lowest BCUT2D eigenvalue weighted by molar-refractivity contribution is -0.142. The Morgan fingerprint density at radius 1 is 1.03 bits per heavy atom. The van der Waals surface area contributed by atoms with Crippen LogP contribution >= 0.6 is 0 Å². The van der Waals surface area contributed by atoms with Crippen LogP contribution in [0.1, 0.15) is 5.56 Å². The predicted octanol–water partition coefficient (Wildman–Crippen LogP) is 2.95. The lowest BCUT2D eigenvalue weighted by Crippen LogP contribution is -2.17. The molecule has 29 heavy (non-hydrogen) atoms. The van der Waals surface area contributed by atoms with E-state index in [0.29, 0.717) is 29.1 Å². The second kappa shape index (κ2) is 6.40. The first-order chi connectivity index (χ1) is 13.9. The van der Waals surface area contributed by atoms with Crippen molar-refractivity contribution in [1.82, 2.24) is 39.1 Å². The highest BCUT2D eigenvalue weighted by molar-refractivity contribution is 5.69. The molecule has 0 aromatic carbocycles. The molecule has 8 nitrogen and oxygen atoms in total. The smallest absolute Gasteiger partial charge is 0.324 e. The number of fused-ring (bicyclic) bond motifs is 2. The van der Waals surface area contributed by atoms with Gasteiger partial charge >= 0.3 is 6.18 Å². The molecule has 0 spiro atoms.